The minimum Gasteiger partial charge on any atom is -0.422 e. The molecule has 4 nitrogen and oxygen atoms in total. The van der Waals surface area contributed by atoms with Gasteiger partial charge in [-0.3, -0.25) is 0 Å². The average molecular weight is 422 g/mol. The van der Waals surface area contributed by atoms with Crippen LogP contribution in [0, 0.1) is 0 Å². The van der Waals surface area contributed by atoms with E-state index in [4.69, 9.17) is 9.47 Å². The van der Waals surface area contributed by atoms with E-state index in [0.717, 1.165) is 17.5 Å². The molecule has 0 spiro atoms. The Hall–Kier alpha value is -3.92. The summed E-state index contributed by atoms with van der Waals surface area (Å²) in [5.74, 6) is 0.0701. The first kappa shape index (κ1) is 20.0. The fraction of sp³-hybridized carbons (Fsp3) is 0.143. The van der Waals surface area contributed by atoms with E-state index in [1.807, 2.05) is 36.4 Å². The predicted octanol–water partition coefficient (Wildman–Crippen LogP) is 3.93. The normalized spacial score (nSPS) is 14.5. The molecule has 0 saturated carbocycles. The minimum absolute atomic E-state index is 0.401. The van der Waals surface area contributed by atoms with Crippen molar-refractivity contribution < 1.29 is 19.1 Å². The van der Waals surface area contributed by atoms with E-state index in [2.05, 4.69) is 31.2 Å². The summed E-state index contributed by atoms with van der Waals surface area (Å²) in [6.07, 6.45) is 7.08. The molecule has 0 amide bonds. The highest BCUT2D eigenvalue weighted by atomic mass is 16.5. The van der Waals surface area contributed by atoms with E-state index >= 15 is 0 Å². The number of hydrogen-bond donors (Lipinski definition) is 0. The summed E-state index contributed by atoms with van der Waals surface area (Å²) >= 11 is 0. The molecular formula is C28H22O4. The fourth-order valence-electron chi connectivity index (χ4n) is 4.05. The number of fused-ring (bicyclic) bond motifs is 2. The third-order valence-electron chi connectivity index (χ3n) is 5.77. The molecule has 32 heavy (non-hydrogen) atoms. The quantitative estimate of drug-likeness (QED) is 0.446. The van der Waals surface area contributed by atoms with Crippen molar-refractivity contribution in [2.45, 2.75) is 26.2 Å². The number of rotatable bonds is 6. The number of ether oxygens (including phenoxy) is 2. The van der Waals surface area contributed by atoms with Crippen LogP contribution in [0.1, 0.15) is 36.5 Å². The molecule has 0 aromatic heterocycles. The van der Waals surface area contributed by atoms with Crippen LogP contribution >= 0.6 is 0 Å². The van der Waals surface area contributed by atoms with Crippen LogP contribution in [0.5, 0.6) is 11.5 Å². The van der Waals surface area contributed by atoms with Gasteiger partial charge in [0.2, 0.25) is 0 Å². The molecular weight excluding hydrogens is 400 g/mol. The summed E-state index contributed by atoms with van der Waals surface area (Å²) in [7, 11) is 0. The van der Waals surface area contributed by atoms with Crippen LogP contribution in [-0.2, 0) is 16.0 Å². The highest BCUT2D eigenvalue weighted by Crippen LogP contribution is 2.25. The lowest BCUT2D eigenvalue weighted by atomic mass is 10.0. The summed E-state index contributed by atoms with van der Waals surface area (Å²) < 4.78 is 11.0. The largest absolute Gasteiger partial charge is 0.422 e. The van der Waals surface area contributed by atoms with Crippen LogP contribution in [-0.4, -0.2) is 11.9 Å². The Balaban J connectivity index is 1.53. The highest BCUT2D eigenvalue weighted by Gasteiger charge is 2.28. The predicted molar refractivity (Wildman–Crippen MR) is 123 cm³/mol. The van der Waals surface area contributed by atoms with Crippen molar-refractivity contribution in [1.82, 2.24) is 0 Å². The Labute approximate surface area is 186 Å². The first-order valence-electron chi connectivity index (χ1n) is 10.8. The second-order valence-electron chi connectivity index (χ2n) is 7.96. The molecule has 0 radical (unpaired) electrons. The SMILES string of the molecule is CCCCc1ccc(C=CC2=c3cc4c(cc3OC2=O)=C(c2ccccc2)C(=O)O4)cc1. The summed E-state index contributed by atoms with van der Waals surface area (Å²) in [4.78, 5) is 25.1. The van der Waals surface area contributed by atoms with Gasteiger partial charge in [-0.05, 0) is 47.7 Å². The van der Waals surface area contributed by atoms with Crippen molar-refractivity contribution in [3.05, 3.63) is 99.9 Å². The Morgan fingerprint density at radius 2 is 1.47 bits per heavy atom. The van der Waals surface area contributed by atoms with Gasteiger partial charge < -0.3 is 9.47 Å². The maximum absolute atomic E-state index is 12.5. The molecule has 0 saturated heterocycles. The highest BCUT2D eigenvalue weighted by molar-refractivity contribution is 6.20. The molecule has 4 heteroatoms. The number of hydrogen-bond acceptors (Lipinski definition) is 4. The van der Waals surface area contributed by atoms with Gasteiger partial charge in [-0.15, -0.1) is 0 Å². The summed E-state index contributed by atoms with van der Waals surface area (Å²) in [5.41, 5.74) is 4.01. The van der Waals surface area contributed by atoms with E-state index in [1.165, 1.54) is 18.4 Å². The molecule has 2 heterocycles. The number of carbonyl (C=O) groups is 2. The first-order chi connectivity index (χ1) is 15.6. The van der Waals surface area contributed by atoms with Crippen LogP contribution in [0.15, 0.2) is 72.8 Å². The standard InChI is InChI=1S/C28H22O4/c1-2-3-7-18-10-12-19(13-11-18)14-15-21-22-16-25-23(17-24(22)31-27(21)29)26(28(30)32-25)20-8-5-4-6-9-20/h4-6,8-17H,2-3,7H2,1H3. The second-order valence-corrected chi connectivity index (χ2v) is 7.96. The van der Waals surface area contributed by atoms with E-state index < -0.39 is 11.9 Å². The first-order valence-corrected chi connectivity index (χ1v) is 10.8. The topological polar surface area (TPSA) is 52.6 Å². The van der Waals surface area contributed by atoms with Crippen molar-refractivity contribution in [3.63, 3.8) is 0 Å². The van der Waals surface area contributed by atoms with Crippen LogP contribution in [0.3, 0.4) is 0 Å². The molecule has 0 atom stereocenters. The van der Waals surface area contributed by atoms with Gasteiger partial charge in [0.05, 0.1) is 11.1 Å². The van der Waals surface area contributed by atoms with Crippen LogP contribution in [0.25, 0.3) is 17.2 Å². The van der Waals surface area contributed by atoms with E-state index in [-0.39, 0.29) is 0 Å². The van der Waals surface area contributed by atoms with Crippen LogP contribution < -0.4 is 19.9 Å². The molecule has 0 N–H and O–H groups in total. The lowest BCUT2D eigenvalue weighted by Crippen LogP contribution is -2.10. The molecule has 5 rings (SSSR count). The monoisotopic (exact) mass is 422 g/mol. The van der Waals surface area contributed by atoms with Gasteiger partial charge >= 0.3 is 11.9 Å². The Kier molecular flexibility index (Phi) is 5.20. The summed E-state index contributed by atoms with van der Waals surface area (Å²) in [6, 6.07) is 21.1. The Bertz CT molecular complexity index is 1360. The molecule has 158 valence electrons. The van der Waals surface area contributed by atoms with Crippen molar-refractivity contribution in [3.8, 4) is 11.5 Å². The number of aryl methyl sites for hydroxylation is 1. The van der Waals surface area contributed by atoms with Gasteiger partial charge in [-0.25, -0.2) is 9.59 Å². The third kappa shape index (κ3) is 3.65. The number of esters is 2. The lowest BCUT2D eigenvalue weighted by Gasteiger charge is -2.00. The molecule has 3 aromatic rings. The minimum atomic E-state index is -0.410. The summed E-state index contributed by atoms with van der Waals surface area (Å²) in [6.45, 7) is 2.18. The number of unbranched alkanes of at least 4 members (excludes halogenated alkanes) is 1. The third-order valence-corrected chi connectivity index (χ3v) is 5.77. The van der Waals surface area contributed by atoms with E-state index in [1.54, 1.807) is 18.2 Å². The zero-order valence-corrected chi connectivity index (χ0v) is 17.8. The van der Waals surface area contributed by atoms with Crippen LogP contribution in [0.4, 0.5) is 0 Å². The van der Waals surface area contributed by atoms with Crippen molar-refractivity contribution in [2.24, 2.45) is 0 Å². The van der Waals surface area contributed by atoms with E-state index in [9.17, 15) is 9.59 Å². The molecule has 2 aliphatic heterocycles. The zero-order chi connectivity index (χ0) is 22.1. The van der Waals surface area contributed by atoms with Crippen LogP contribution in [0.2, 0.25) is 0 Å². The molecule has 3 aromatic carbocycles. The van der Waals surface area contributed by atoms with Crippen molar-refractivity contribution in [1.29, 1.82) is 0 Å². The number of carbonyl (C=O) groups excluding carboxylic acids is 2. The average Bonchev–Trinajstić information content (AvgIpc) is 3.29. The molecule has 0 fully saturated rings. The van der Waals surface area contributed by atoms with Gasteiger partial charge in [0.15, 0.2) is 0 Å². The maximum Gasteiger partial charge on any atom is 0.344 e. The second kappa shape index (κ2) is 8.31. The number of benzene rings is 3. The Morgan fingerprint density at radius 3 is 2.22 bits per heavy atom. The smallest absolute Gasteiger partial charge is 0.344 e. The molecule has 0 unspecified atom stereocenters. The Morgan fingerprint density at radius 1 is 0.781 bits per heavy atom. The molecule has 2 aliphatic rings. The maximum atomic E-state index is 12.5. The van der Waals surface area contributed by atoms with Gasteiger partial charge in [0.25, 0.3) is 0 Å². The summed E-state index contributed by atoms with van der Waals surface area (Å²) in [5, 5.41) is 1.27. The van der Waals surface area contributed by atoms with Gasteiger partial charge in [-0.2, -0.15) is 0 Å². The molecule has 0 aliphatic carbocycles. The zero-order valence-electron chi connectivity index (χ0n) is 17.8. The fourth-order valence-corrected chi connectivity index (χ4v) is 4.05. The van der Waals surface area contributed by atoms with Crippen molar-refractivity contribution >= 4 is 29.2 Å². The van der Waals surface area contributed by atoms with Crippen molar-refractivity contribution in [2.75, 3.05) is 0 Å². The van der Waals surface area contributed by atoms with Gasteiger partial charge in [0.1, 0.15) is 11.5 Å². The lowest BCUT2D eigenvalue weighted by molar-refractivity contribution is -0.128. The molecule has 0 bridgehead atoms. The van der Waals surface area contributed by atoms with Gasteiger partial charge in [0, 0.05) is 10.4 Å². The van der Waals surface area contributed by atoms with Gasteiger partial charge in [-0.1, -0.05) is 74.0 Å². The van der Waals surface area contributed by atoms with E-state index in [0.29, 0.717) is 33.1 Å².